The fourth-order valence-electron chi connectivity index (χ4n) is 4.39. The summed E-state index contributed by atoms with van der Waals surface area (Å²) in [5, 5.41) is 6.34. The first kappa shape index (κ1) is 28.7. The number of rotatable bonds is 10. The van der Waals surface area contributed by atoms with Crippen LogP contribution in [-0.4, -0.2) is 65.9 Å². The standard InChI is InChI=1S/C24H29F4N7O3S/c1-13(2)35-22-19(12-30-24(33-22)31-16-7-14(9-25)10-29-11-16)32-21(23(35)36)15-3-4-18(17(26)8-15)34-39(37,38)6-5-20(27)28/h3-4,8,12-14,16,20,29,34H,5-7,9-11H2,1-2H3,(H,30,31,33)/t14-,16-/m0/s1. The number of anilines is 2. The second-order valence-electron chi connectivity index (χ2n) is 9.68. The Kier molecular flexibility index (Phi) is 8.69. The van der Waals surface area contributed by atoms with E-state index < -0.39 is 52.4 Å². The predicted octanol–water partition coefficient (Wildman–Crippen LogP) is 3.33. The Balaban J connectivity index is 1.66. The maximum Gasteiger partial charge on any atom is 0.278 e. The molecule has 0 bridgehead atoms. The Morgan fingerprint density at radius 1 is 1.21 bits per heavy atom. The van der Waals surface area contributed by atoms with Crippen molar-refractivity contribution in [2.45, 2.75) is 45.2 Å². The van der Waals surface area contributed by atoms with E-state index in [2.05, 4.69) is 25.6 Å². The molecule has 4 rings (SSSR count). The number of hydrogen-bond acceptors (Lipinski definition) is 8. The molecule has 2 atom stereocenters. The Morgan fingerprint density at radius 2 is 1.97 bits per heavy atom. The quantitative estimate of drug-likeness (QED) is 0.316. The molecule has 1 fully saturated rings. The summed E-state index contributed by atoms with van der Waals surface area (Å²) in [5.74, 6) is -1.74. The van der Waals surface area contributed by atoms with Gasteiger partial charge in [0.15, 0.2) is 5.65 Å². The number of nitrogens with one attached hydrogen (secondary N) is 3. The Morgan fingerprint density at radius 3 is 2.64 bits per heavy atom. The minimum Gasteiger partial charge on any atom is -0.350 e. The zero-order valence-electron chi connectivity index (χ0n) is 21.3. The largest absolute Gasteiger partial charge is 0.350 e. The number of hydrogen-bond donors (Lipinski definition) is 3. The third-order valence-corrected chi connectivity index (χ3v) is 7.56. The first-order valence-electron chi connectivity index (χ1n) is 12.4. The second-order valence-corrected chi connectivity index (χ2v) is 11.5. The van der Waals surface area contributed by atoms with Crippen LogP contribution in [0.5, 0.6) is 0 Å². The summed E-state index contributed by atoms with van der Waals surface area (Å²) in [6.45, 7) is 4.31. The lowest BCUT2D eigenvalue weighted by Crippen LogP contribution is -2.44. The summed E-state index contributed by atoms with van der Waals surface area (Å²) >= 11 is 0. The molecule has 15 heteroatoms. The second kappa shape index (κ2) is 11.8. The lowest BCUT2D eigenvalue weighted by molar-refractivity contribution is 0.145. The topological polar surface area (TPSA) is 131 Å². The molecule has 39 heavy (non-hydrogen) atoms. The molecule has 10 nitrogen and oxygen atoms in total. The van der Waals surface area contributed by atoms with Gasteiger partial charge in [0.2, 0.25) is 22.4 Å². The molecular formula is C24H29F4N7O3S. The minimum atomic E-state index is -4.20. The van der Waals surface area contributed by atoms with Gasteiger partial charge in [0.1, 0.15) is 17.0 Å². The van der Waals surface area contributed by atoms with Gasteiger partial charge in [-0.15, -0.1) is 0 Å². The highest BCUT2D eigenvalue weighted by atomic mass is 32.2. The highest BCUT2D eigenvalue weighted by molar-refractivity contribution is 7.92. The van der Waals surface area contributed by atoms with Crippen molar-refractivity contribution < 1.29 is 26.0 Å². The number of nitrogens with zero attached hydrogens (tertiary/aromatic N) is 4. The molecule has 0 unspecified atom stereocenters. The number of aromatic nitrogens is 4. The Labute approximate surface area is 222 Å². The van der Waals surface area contributed by atoms with Crippen molar-refractivity contribution in [3.63, 3.8) is 0 Å². The maximum atomic E-state index is 14.8. The summed E-state index contributed by atoms with van der Waals surface area (Å²) in [5.41, 5.74) is -0.492. The summed E-state index contributed by atoms with van der Waals surface area (Å²) < 4.78 is 80.1. The van der Waals surface area contributed by atoms with Crippen LogP contribution in [0.3, 0.4) is 0 Å². The Hall–Kier alpha value is -3.33. The van der Waals surface area contributed by atoms with E-state index in [1.54, 1.807) is 13.8 Å². The first-order valence-corrected chi connectivity index (χ1v) is 14.0. The molecule has 3 N–H and O–H groups in total. The van der Waals surface area contributed by atoms with Crippen LogP contribution in [0.25, 0.3) is 22.4 Å². The lowest BCUT2D eigenvalue weighted by Gasteiger charge is -2.29. The van der Waals surface area contributed by atoms with Gasteiger partial charge in [-0.05, 0) is 32.4 Å². The molecule has 0 aliphatic carbocycles. The smallest absolute Gasteiger partial charge is 0.278 e. The van der Waals surface area contributed by atoms with Crippen LogP contribution >= 0.6 is 0 Å². The van der Waals surface area contributed by atoms with Crippen LogP contribution in [-0.2, 0) is 10.0 Å². The number of halogens is 4. The van der Waals surface area contributed by atoms with Gasteiger partial charge in [-0.25, -0.2) is 31.6 Å². The van der Waals surface area contributed by atoms with Crippen LogP contribution < -0.4 is 20.9 Å². The SMILES string of the molecule is CC(C)n1c(=O)c(-c2ccc(NS(=O)(=O)CCC(F)F)c(F)c2)nc2cnc(N[C@@H]3CNC[C@H](CF)C3)nc21. The van der Waals surface area contributed by atoms with Crippen molar-refractivity contribution in [3.05, 3.63) is 40.6 Å². The van der Waals surface area contributed by atoms with E-state index in [0.29, 0.717) is 19.5 Å². The molecule has 1 aromatic carbocycles. The molecule has 3 aromatic rings. The van der Waals surface area contributed by atoms with Gasteiger partial charge in [-0.3, -0.25) is 18.5 Å². The van der Waals surface area contributed by atoms with Crippen molar-refractivity contribution in [2.75, 3.05) is 35.6 Å². The number of fused-ring (bicyclic) bond motifs is 1. The first-order chi connectivity index (χ1) is 18.5. The molecule has 0 radical (unpaired) electrons. The van der Waals surface area contributed by atoms with Crippen molar-refractivity contribution in [1.82, 2.24) is 24.8 Å². The molecule has 212 valence electrons. The number of sulfonamides is 1. The third kappa shape index (κ3) is 6.82. The van der Waals surface area contributed by atoms with E-state index in [0.717, 1.165) is 12.1 Å². The fourth-order valence-corrected chi connectivity index (χ4v) is 5.48. The normalized spacial score (nSPS) is 18.2. The third-order valence-electron chi connectivity index (χ3n) is 6.25. The lowest BCUT2D eigenvalue weighted by atomic mass is 9.97. The van der Waals surface area contributed by atoms with Gasteiger partial charge in [-0.1, -0.05) is 6.07 Å². The fraction of sp³-hybridized carbons (Fsp3) is 0.500. The molecule has 0 spiro atoms. The molecule has 0 amide bonds. The van der Waals surface area contributed by atoms with Gasteiger partial charge in [0.25, 0.3) is 5.56 Å². The molecule has 1 aliphatic rings. The van der Waals surface area contributed by atoms with Crippen LogP contribution in [0.15, 0.2) is 29.2 Å². The molecule has 2 aromatic heterocycles. The average Bonchev–Trinajstić information content (AvgIpc) is 2.88. The van der Waals surface area contributed by atoms with Crippen LogP contribution in [0, 0.1) is 11.7 Å². The molecular weight excluding hydrogens is 542 g/mol. The summed E-state index contributed by atoms with van der Waals surface area (Å²) in [4.78, 5) is 26.6. The summed E-state index contributed by atoms with van der Waals surface area (Å²) in [6, 6.07) is 2.89. The van der Waals surface area contributed by atoms with E-state index in [4.69, 9.17) is 0 Å². The highest BCUT2D eigenvalue weighted by Gasteiger charge is 2.24. The van der Waals surface area contributed by atoms with Crippen molar-refractivity contribution in [3.8, 4) is 11.3 Å². The number of benzene rings is 1. The molecule has 3 heterocycles. The number of piperidine rings is 1. The maximum absolute atomic E-state index is 14.8. The Bertz CT molecular complexity index is 1500. The summed E-state index contributed by atoms with van der Waals surface area (Å²) in [7, 11) is -4.20. The van der Waals surface area contributed by atoms with Gasteiger partial charge >= 0.3 is 0 Å². The average molecular weight is 572 g/mol. The van der Waals surface area contributed by atoms with Crippen LogP contribution in [0.1, 0.15) is 32.7 Å². The van der Waals surface area contributed by atoms with E-state index in [1.807, 2.05) is 4.72 Å². The van der Waals surface area contributed by atoms with Crippen LogP contribution in [0.4, 0.5) is 29.2 Å². The zero-order valence-corrected chi connectivity index (χ0v) is 22.1. The monoisotopic (exact) mass is 571 g/mol. The number of alkyl halides is 3. The minimum absolute atomic E-state index is 0.0806. The molecule has 0 saturated carbocycles. The van der Waals surface area contributed by atoms with Gasteiger partial charge in [0.05, 0.1) is 24.3 Å². The van der Waals surface area contributed by atoms with Crippen LogP contribution in [0.2, 0.25) is 0 Å². The van der Waals surface area contributed by atoms with E-state index >= 15 is 0 Å². The predicted molar refractivity (Wildman–Crippen MR) is 140 cm³/mol. The van der Waals surface area contributed by atoms with Crippen molar-refractivity contribution in [1.29, 1.82) is 0 Å². The van der Waals surface area contributed by atoms with Crippen molar-refractivity contribution >= 4 is 32.8 Å². The zero-order chi connectivity index (χ0) is 28.3. The van der Waals surface area contributed by atoms with Gasteiger partial charge in [-0.2, -0.15) is 4.98 Å². The van der Waals surface area contributed by atoms with Crippen molar-refractivity contribution in [2.24, 2.45) is 5.92 Å². The van der Waals surface area contributed by atoms with E-state index in [-0.39, 0.29) is 46.4 Å². The van der Waals surface area contributed by atoms with Gasteiger partial charge in [0, 0.05) is 43.1 Å². The highest BCUT2D eigenvalue weighted by Crippen LogP contribution is 2.25. The van der Waals surface area contributed by atoms with E-state index in [9.17, 15) is 30.8 Å². The molecule has 1 aliphatic heterocycles. The van der Waals surface area contributed by atoms with Gasteiger partial charge < -0.3 is 10.6 Å². The molecule has 1 saturated heterocycles. The summed E-state index contributed by atoms with van der Waals surface area (Å²) in [6.07, 6.45) is -1.68. The van der Waals surface area contributed by atoms with E-state index in [1.165, 1.54) is 16.8 Å².